The molecule has 3 aromatic rings. The van der Waals surface area contributed by atoms with Gasteiger partial charge in [-0.2, -0.15) is 0 Å². The second-order valence-corrected chi connectivity index (χ2v) is 6.73. The minimum atomic E-state index is 0.595. The molecule has 132 valence electrons. The summed E-state index contributed by atoms with van der Waals surface area (Å²) in [4.78, 5) is 9.39. The SMILES string of the molecule is CCc1nc2ccnc(-c3ccc(Cl)cc3Cl)c2n1CCCCOC. The normalized spacial score (nSPS) is 11.4. The number of aryl methyl sites for hydroxylation is 2. The van der Waals surface area contributed by atoms with E-state index >= 15 is 0 Å². The van der Waals surface area contributed by atoms with Crippen LogP contribution in [0.3, 0.4) is 0 Å². The first kappa shape index (κ1) is 18.2. The molecule has 0 spiro atoms. The van der Waals surface area contributed by atoms with Crippen LogP contribution in [-0.4, -0.2) is 28.3 Å². The maximum atomic E-state index is 6.43. The Balaban J connectivity index is 2.11. The Morgan fingerprint density at radius 1 is 1.16 bits per heavy atom. The second-order valence-electron chi connectivity index (χ2n) is 5.88. The summed E-state index contributed by atoms with van der Waals surface area (Å²) in [5, 5.41) is 1.21. The first-order valence-corrected chi connectivity index (χ1v) is 9.19. The molecule has 0 aliphatic carbocycles. The number of methoxy groups -OCH3 is 1. The van der Waals surface area contributed by atoms with Gasteiger partial charge in [0.1, 0.15) is 5.82 Å². The van der Waals surface area contributed by atoms with Crippen molar-refractivity contribution in [2.24, 2.45) is 0 Å². The van der Waals surface area contributed by atoms with Crippen molar-refractivity contribution in [3.05, 3.63) is 46.3 Å². The van der Waals surface area contributed by atoms with Crippen molar-refractivity contribution in [1.29, 1.82) is 0 Å². The molecule has 0 aliphatic heterocycles. The van der Waals surface area contributed by atoms with Gasteiger partial charge in [-0.1, -0.05) is 30.1 Å². The number of nitrogens with zero attached hydrogens (tertiary/aromatic N) is 3. The zero-order valence-electron chi connectivity index (χ0n) is 14.4. The van der Waals surface area contributed by atoms with Gasteiger partial charge in [-0.05, 0) is 37.1 Å². The van der Waals surface area contributed by atoms with Gasteiger partial charge in [0.05, 0.1) is 21.7 Å². The van der Waals surface area contributed by atoms with Crippen molar-refractivity contribution in [3.63, 3.8) is 0 Å². The molecule has 4 nitrogen and oxygen atoms in total. The average molecular weight is 378 g/mol. The van der Waals surface area contributed by atoms with Gasteiger partial charge in [0.15, 0.2) is 0 Å². The predicted octanol–water partition coefficient (Wildman–Crippen LogP) is 5.39. The standard InChI is InChI=1S/C19H21Cl2N3O/c1-3-17-23-16-8-9-22-18(14-7-6-13(20)12-15(14)21)19(16)24(17)10-4-5-11-25-2/h6-9,12H,3-5,10-11H2,1-2H3. The summed E-state index contributed by atoms with van der Waals surface area (Å²) in [7, 11) is 1.73. The van der Waals surface area contributed by atoms with Crippen LogP contribution in [0.2, 0.25) is 10.0 Å². The van der Waals surface area contributed by atoms with Crippen LogP contribution in [0.15, 0.2) is 30.5 Å². The Hall–Kier alpha value is -1.62. The van der Waals surface area contributed by atoms with E-state index < -0.39 is 0 Å². The maximum Gasteiger partial charge on any atom is 0.109 e. The van der Waals surface area contributed by atoms with Gasteiger partial charge in [-0.15, -0.1) is 0 Å². The number of halogens is 2. The van der Waals surface area contributed by atoms with Crippen LogP contribution in [0.1, 0.15) is 25.6 Å². The first-order valence-electron chi connectivity index (χ1n) is 8.44. The highest BCUT2D eigenvalue weighted by Gasteiger charge is 2.17. The molecule has 0 saturated heterocycles. The number of unbranched alkanes of at least 4 members (excludes halogenated alkanes) is 1. The monoisotopic (exact) mass is 377 g/mol. The lowest BCUT2D eigenvalue weighted by Gasteiger charge is -2.11. The van der Waals surface area contributed by atoms with Crippen molar-refractivity contribution in [3.8, 4) is 11.3 Å². The lowest BCUT2D eigenvalue weighted by molar-refractivity contribution is 0.191. The van der Waals surface area contributed by atoms with E-state index in [-0.39, 0.29) is 0 Å². The molecule has 3 rings (SSSR count). The van der Waals surface area contributed by atoms with Gasteiger partial charge in [-0.3, -0.25) is 4.98 Å². The predicted molar refractivity (Wildman–Crippen MR) is 103 cm³/mol. The highest BCUT2D eigenvalue weighted by Crippen LogP contribution is 2.34. The van der Waals surface area contributed by atoms with Crippen molar-refractivity contribution in [1.82, 2.24) is 14.5 Å². The third-order valence-electron chi connectivity index (χ3n) is 4.22. The Bertz CT molecular complexity index is 876. The Labute approximate surface area is 157 Å². The first-order chi connectivity index (χ1) is 12.2. The summed E-state index contributed by atoms with van der Waals surface area (Å²) in [6.07, 6.45) is 4.68. The number of benzene rings is 1. The van der Waals surface area contributed by atoms with Gasteiger partial charge in [0.25, 0.3) is 0 Å². The second kappa shape index (κ2) is 8.17. The zero-order chi connectivity index (χ0) is 17.8. The van der Waals surface area contributed by atoms with Crippen LogP contribution in [-0.2, 0) is 17.7 Å². The fourth-order valence-electron chi connectivity index (χ4n) is 3.03. The van der Waals surface area contributed by atoms with E-state index in [4.69, 9.17) is 32.9 Å². The Morgan fingerprint density at radius 3 is 2.72 bits per heavy atom. The number of hydrogen-bond acceptors (Lipinski definition) is 3. The molecule has 1 aromatic carbocycles. The summed E-state index contributed by atoms with van der Waals surface area (Å²) in [6.45, 7) is 3.77. The van der Waals surface area contributed by atoms with Gasteiger partial charge < -0.3 is 9.30 Å². The summed E-state index contributed by atoms with van der Waals surface area (Å²) >= 11 is 12.5. The molecule has 2 heterocycles. The van der Waals surface area contributed by atoms with E-state index in [1.54, 1.807) is 19.4 Å². The summed E-state index contributed by atoms with van der Waals surface area (Å²) in [6, 6.07) is 7.45. The minimum absolute atomic E-state index is 0.595. The van der Waals surface area contributed by atoms with Crippen molar-refractivity contribution >= 4 is 34.2 Å². The van der Waals surface area contributed by atoms with Crippen LogP contribution >= 0.6 is 23.2 Å². The number of rotatable bonds is 7. The number of ether oxygens (including phenoxy) is 1. The molecule has 0 fully saturated rings. The molecule has 0 radical (unpaired) electrons. The molecule has 0 N–H and O–H groups in total. The average Bonchev–Trinajstić information content (AvgIpc) is 2.97. The molecule has 0 atom stereocenters. The third kappa shape index (κ3) is 3.81. The van der Waals surface area contributed by atoms with Gasteiger partial charge >= 0.3 is 0 Å². The van der Waals surface area contributed by atoms with Crippen molar-refractivity contribution in [2.45, 2.75) is 32.7 Å². The van der Waals surface area contributed by atoms with E-state index in [1.807, 2.05) is 18.2 Å². The molecule has 0 aliphatic rings. The highest BCUT2D eigenvalue weighted by atomic mass is 35.5. The van der Waals surface area contributed by atoms with Crippen LogP contribution in [0.4, 0.5) is 0 Å². The maximum absolute atomic E-state index is 6.43. The molecule has 0 saturated carbocycles. The van der Waals surface area contributed by atoms with E-state index in [1.165, 1.54) is 0 Å². The van der Waals surface area contributed by atoms with Crippen LogP contribution in [0.25, 0.3) is 22.3 Å². The quantitative estimate of drug-likeness (QED) is 0.517. The molecular weight excluding hydrogens is 357 g/mol. The molecule has 0 amide bonds. The fraction of sp³-hybridized carbons (Fsp3) is 0.368. The van der Waals surface area contributed by atoms with E-state index in [0.717, 1.165) is 60.5 Å². The molecular formula is C19H21Cl2N3O. The number of aromatic nitrogens is 3. The summed E-state index contributed by atoms with van der Waals surface area (Å²) in [5.74, 6) is 1.06. The smallest absolute Gasteiger partial charge is 0.109 e. The zero-order valence-corrected chi connectivity index (χ0v) is 15.9. The van der Waals surface area contributed by atoms with Gasteiger partial charge in [-0.25, -0.2) is 4.98 Å². The van der Waals surface area contributed by atoms with Crippen molar-refractivity contribution < 1.29 is 4.74 Å². The van der Waals surface area contributed by atoms with Crippen molar-refractivity contribution in [2.75, 3.05) is 13.7 Å². The number of pyridine rings is 1. The van der Waals surface area contributed by atoms with Crippen LogP contribution < -0.4 is 0 Å². The molecule has 6 heteroatoms. The summed E-state index contributed by atoms with van der Waals surface area (Å²) in [5.41, 5.74) is 3.69. The minimum Gasteiger partial charge on any atom is -0.385 e. The lowest BCUT2D eigenvalue weighted by Crippen LogP contribution is -2.05. The molecule has 2 aromatic heterocycles. The third-order valence-corrected chi connectivity index (χ3v) is 4.76. The highest BCUT2D eigenvalue weighted by molar-refractivity contribution is 6.36. The Morgan fingerprint density at radius 2 is 2.00 bits per heavy atom. The summed E-state index contributed by atoms with van der Waals surface area (Å²) < 4.78 is 7.42. The van der Waals surface area contributed by atoms with Crippen LogP contribution in [0.5, 0.6) is 0 Å². The largest absolute Gasteiger partial charge is 0.385 e. The molecule has 25 heavy (non-hydrogen) atoms. The Kier molecular flexibility index (Phi) is 5.94. The number of fused-ring (bicyclic) bond motifs is 1. The van der Waals surface area contributed by atoms with E-state index in [9.17, 15) is 0 Å². The van der Waals surface area contributed by atoms with Crippen LogP contribution in [0, 0.1) is 0 Å². The lowest BCUT2D eigenvalue weighted by atomic mass is 10.1. The molecule has 0 unspecified atom stereocenters. The number of imidazole rings is 1. The molecule has 0 bridgehead atoms. The number of hydrogen-bond donors (Lipinski definition) is 0. The van der Waals surface area contributed by atoms with E-state index in [2.05, 4.69) is 16.5 Å². The van der Waals surface area contributed by atoms with Gasteiger partial charge in [0, 0.05) is 43.5 Å². The fourth-order valence-corrected chi connectivity index (χ4v) is 3.53. The topological polar surface area (TPSA) is 39.9 Å². The van der Waals surface area contributed by atoms with E-state index in [0.29, 0.717) is 10.0 Å². The van der Waals surface area contributed by atoms with Gasteiger partial charge in [0.2, 0.25) is 0 Å².